The number of nitrogens with two attached hydrogens (primary N) is 1. The quantitative estimate of drug-likeness (QED) is 0.783. The van der Waals surface area contributed by atoms with Crippen molar-refractivity contribution < 1.29 is 9.53 Å². The fourth-order valence-corrected chi connectivity index (χ4v) is 2.36. The number of likely N-dealkylation sites (N-methyl/N-ethyl adjacent to an activating group) is 1. The molecule has 2 N–H and O–H groups in total. The molecule has 1 heterocycles. The highest BCUT2D eigenvalue weighted by atomic mass is 32.1. The van der Waals surface area contributed by atoms with Gasteiger partial charge in [-0.1, -0.05) is 24.4 Å². The first-order chi connectivity index (χ1) is 10.0. The number of hydrogen-bond acceptors (Lipinski definition) is 4. The summed E-state index contributed by atoms with van der Waals surface area (Å²) in [7, 11) is 1.84. The minimum absolute atomic E-state index is 0.170. The van der Waals surface area contributed by atoms with E-state index in [1.54, 1.807) is 4.90 Å². The van der Waals surface area contributed by atoms with Gasteiger partial charge in [0.15, 0.2) is 0 Å². The second-order valence-corrected chi connectivity index (χ2v) is 5.75. The van der Waals surface area contributed by atoms with E-state index >= 15 is 0 Å². The summed E-state index contributed by atoms with van der Waals surface area (Å²) < 4.78 is 5.70. The number of rotatable bonds is 6. The third kappa shape index (κ3) is 4.99. The number of nitrogens with zero attached hydrogens (tertiary/aromatic N) is 2. The van der Waals surface area contributed by atoms with Crippen LogP contribution in [0.1, 0.15) is 5.56 Å². The molecule has 0 aromatic heterocycles. The van der Waals surface area contributed by atoms with Crippen molar-refractivity contribution in [1.82, 2.24) is 9.80 Å². The Morgan fingerprint density at radius 3 is 2.67 bits per heavy atom. The van der Waals surface area contributed by atoms with Crippen LogP contribution >= 0.6 is 12.2 Å². The minimum atomic E-state index is 0.170. The van der Waals surface area contributed by atoms with Crippen molar-refractivity contribution in [1.29, 1.82) is 0 Å². The van der Waals surface area contributed by atoms with Crippen molar-refractivity contribution in [2.24, 2.45) is 5.73 Å². The average molecular weight is 307 g/mol. The van der Waals surface area contributed by atoms with Crippen molar-refractivity contribution in [3.05, 3.63) is 29.8 Å². The first kappa shape index (κ1) is 15.7. The summed E-state index contributed by atoms with van der Waals surface area (Å²) in [6.07, 6.45) is 0.610. The number of carbonyl (C=O) groups excluding carboxylic acids is 1. The number of ether oxygens (including phenoxy) is 1. The Kier molecular flexibility index (Phi) is 5.52. The largest absolute Gasteiger partial charge is 0.492 e. The summed E-state index contributed by atoms with van der Waals surface area (Å²) >= 11 is 4.88. The summed E-state index contributed by atoms with van der Waals surface area (Å²) in [6, 6.07) is 7.77. The standard InChI is InChI=1S/C15H21N3O2S/c1-17-6-7-18(11-15(17)19)8-9-20-13-4-2-12(3-5-13)10-14(16)21/h2-5H,6-11H2,1H3,(H2,16,21). The molecule has 0 bridgehead atoms. The molecule has 1 amide bonds. The smallest absolute Gasteiger partial charge is 0.236 e. The maximum absolute atomic E-state index is 11.6. The van der Waals surface area contributed by atoms with Crippen molar-refractivity contribution in [3.63, 3.8) is 0 Å². The van der Waals surface area contributed by atoms with Crippen LogP contribution in [0.15, 0.2) is 24.3 Å². The van der Waals surface area contributed by atoms with Gasteiger partial charge >= 0.3 is 0 Å². The van der Waals surface area contributed by atoms with Crippen LogP contribution in [0.25, 0.3) is 0 Å². The Bertz CT molecular complexity index is 504. The van der Waals surface area contributed by atoms with Gasteiger partial charge < -0.3 is 15.4 Å². The van der Waals surface area contributed by atoms with E-state index in [0.717, 1.165) is 30.9 Å². The molecule has 0 saturated carbocycles. The van der Waals surface area contributed by atoms with Crippen LogP contribution in [-0.4, -0.2) is 60.5 Å². The lowest BCUT2D eigenvalue weighted by atomic mass is 10.1. The maximum Gasteiger partial charge on any atom is 0.236 e. The zero-order valence-electron chi connectivity index (χ0n) is 12.2. The van der Waals surface area contributed by atoms with Gasteiger partial charge in [-0.3, -0.25) is 9.69 Å². The number of carbonyl (C=O) groups is 1. The first-order valence-electron chi connectivity index (χ1n) is 7.01. The summed E-state index contributed by atoms with van der Waals surface area (Å²) in [5.41, 5.74) is 6.59. The molecule has 1 aliphatic heterocycles. The predicted molar refractivity (Wildman–Crippen MR) is 86.5 cm³/mol. The first-order valence-corrected chi connectivity index (χ1v) is 7.42. The van der Waals surface area contributed by atoms with Crippen molar-refractivity contribution >= 4 is 23.1 Å². The van der Waals surface area contributed by atoms with Crippen molar-refractivity contribution in [2.75, 3.05) is 39.8 Å². The van der Waals surface area contributed by atoms with Crippen LogP contribution in [0.2, 0.25) is 0 Å². The molecule has 1 aliphatic rings. The van der Waals surface area contributed by atoms with Crippen LogP contribution in [-0.2, 0) is 11.2 Å². The molecule has 2 rings (SSSR count). The minimum Gasteiger partial charge on any atom is -0.492 e. The normalized spacial score (nSPS) is 16.0. The number of piperazine rings is 1. The third-order valence-electron chi connectivity index (χ3n) is 3.51. The molecule has 6 heteroatoms. The molecular weight excluding hydrogens is 286 g/mol. The Balaban J connectivity index is 1.73. The molecule has 114 valence electrons. The van der Waals surface area contributed by atoms with Crippen molar-refractivity contribution in [3.8, 4) is 5.75 Å². The monoisotopic (exact) mass is 307 g/mol. The molecular formula is C15H21N3O2S. The van der Waals surface area contributed by atoms with E-state index in [1.807, 2.05) is 31.3 Å². The fraction of sp³-hybridized carbons (Fsp3) is 0.467. The molecule has 1 saturated heterocycles. The number of benzene rings is 1. The second kappa shape index (κ2) is 7.38. The molecule has 1 fully saturated rings. The molecule has 0 spiro atoms. The van der Waals surface area contributed by atoms with Crippen LogP contribution in [0.5, 0.6) is 5.75 Å². The lowest BCUT2D eigenvalue weighted by molar-refractivity contribution is -0.134. The molecule has 0 radical (unpaired) electrons. The summed E-state index contributed by atoms with van der Waals surface area (Å²) in [5.74, 6) is 0.991. The average Bonchev–Trinajstić information content (AvgIpc) is 2.44. The van der Waals surface area contributed by atoms with Gasteiger partial charge in [-0.2, -0.15) is 0 Å². The van der Waals surface area contributed by atoms with Crippen molar-refractivity contribution in [2.45, 2.75) is 6.42 Å². The van der Waals surface area contributed by atoms with E-state index in [1.165, 1.54) is 0 Å². The van der Waals surface area contributed by atoms with E-state index in [-0.39, 0.29) is 5.91 Å². The van der Waals surface area contributed by atoms with Gasteiger partial charge in [-0.05, 0) is 17.7 Å². The highest BCUT2D eigenvalue weighted by Crippen LogP contribution is 2.13. The van der Waals surface area contributed by atoms with Crippen LogP contribution < -0.4 is 10.5 Å². The highest BCUT2D eigenvalue weighted by Gasteiger charge is 2.20. The molecule has 21 heavy (non-hydrogen) atoms. The Hall–Kier alpha value is -1.66. The van der Waals surface area contributed by atoms with Crippen LogP contribution in [0.3, 0.4) is 0 Å². The molecule has 5 nitrogen and oxygen atoms in total. The number of amides is 1. The lowest BCUT2D eigenvalue weighted by Gasteiger charge is -2.31. The van der Waals surface area contributed by atoms with E-state index in [4.69, 9.17) is 22.7 Å². The Morgan fingerprint density at radius 2 is 2.05 bits per heavy atom. The molecule has 0 aliphatic carbocycles. The SMILES string of the molecule is CN1CCN(CCOc2ccc(CC(N)=S)cc2)CC1=O. The highest BCUT2D eigenvalue weighted by molar-refractivity contribution is 7.80. The molecule has 1 aromatic rings. The van der Waals surface area contributed by atoms with E-state index in [2.05, 4.69) is 4.90 Å². The Morgan fingerprint density at radius 1 is 1.33 bits per heavy atom. The van der Waals surface area contributed by atoms with Gasteiger partial charge in [-0.15, -0.1) is 0 Å². The summed E-state index contributed by atoms with van der Waals surface area (Å²) in [6.45, 7) is 3.50. The predicted octanol–water partition coefficient (Wildman–Crippen LogP) is 0.668. The maximum atomic E-state index is 11.6. The zero-order valence-corrected chi connectivity index (χ0v) is 13.1. The zero-order chi connectivity index (χ0) is 15.2. The molecule has 0 atom stereocenters. The lowest BCUT2D eigenvalue weighted by Crippen LogP contribution is -2.49. The summed E-state index contributed by atoms with van der Waals surface area (Å²) in [5, 5.41) is 0. The van der Waals surface area contributed by atoms with Gasteiger partial charge in [0.05, 0.1) is 11.5 Å². The van der Waals surface area contributed by atoms with Gasteiger partial charge in [0.25, 0.3) is 0 Å². The van der Waals surface area contributed by atoms with E-state index < -0.39 is 0 Å². The second-order valence-electron chi connectivity index (χ2n) is 5.23. The third-order valence-corrected chi connectivity index (χ3v) is 3.66. The number of thiocarbonyl (C=S) groups is 1. The topological polar surface area (TPSA) is 58.8 Å². The Labute approximate surface area is 130 Å². The van der Waals surface area contributed by atoms with Crippen LogP contribution in [0, 0.1) is 0 Å². The van der Waals surface area contributed by atoms with E-state index in [0.29, 0.717) is 24.6 Å². The van der Waals surface area contributed by atoms with Gasteiger partial charge in [-0.25, -0.2) is 0 Å². The van der Waals surface area contributed by atoms with E-state index in [9.17, 15) is 4.79 Å². The summed E-state index contributed by atoms with van der Waals surface area (Å²) in [4.78, 5) is 16.0. The molecule has 0 unspecified atom stereocenters. The van der Waals surface area contributed by atoms with Gasteiger partial charge in [0.2, 0.25) is 5.91 Å². The van der Waals surface area contributed by atoms with Crippen LogP contribution in [0.4, 0.5) is 0 Å². The van der Waals surface area contributed by atoms with Gasteiger partial charge in [0, 0.05) is 33.1 Å². The molecule has 1 aromatic carbocycles. The van der Waals surface area contributed by atoms with Gasteiger partial charge in [0.1, 0.15) is 12.4 Å². The fourth-order valence-electron chi connectivity index (χ4n) is 2.20. The number of hydrogen-bond donors (Lipinski definition) is 1.